The zero-order valence-corrected chi connectivity index (χ0v) is 11.3. The summed E-state index contributed by atoms with van der Waals surface area (Å²) in [6.45, 7) is 1.64. The maximum absolute atomic E-state index is 11.6. The van der Waals surface area contributed by atoms with Crippen molar-refractivity contribution < 1.29 is 14.7 Å². The summed E-state index contributed by atoms with van der Waals surface area (Å²) in [4.78, 5) is 22.2. The number of para-hydroxylation sites is 1. The first-order valence-electron chi connectivity index (χ1n) is 6.17. The molecule has 0 radical (unpaired) electrons. The molecule has 20 heavy (non-hydrogen) atoms. The topological polar surface area (TPSA) is 96.3 Å². The predicted octanol–water partition coefficient (Wildman–Crippen LogP) is 0.846. The molecule has 0 aliphatic heterocycles. The number of hydrogen-bond acceptors (Lipinski definition) is 3. The number of carboxylic acids is 1. The first-order chi connectivity index (χ1) is 9.49. The smallest absolute Gasteiger partial charge is 0.325 e. The lowest BCUT2D eigenvalue weighted by Crippen LogP contribution is -2.44. The normalized spacial score (nSPS) is 12.1. The minimum atomic E-state index is -1.08. The average Bonchev–Trinajstić information content (AvgIpc) is 2.74. The van der Waals surface area contributed by atoms with Gasteiger partial charge in [-0.3, -0.25) is 9.48 Å². The van der Waals surface area contributed by atoms with Gasteiger partial charge in [0.15, 0.2) is 0 Å². The van der Waals surface area contributed by atoms with Crippen LogP contribution in [0, 0.1) is 0 Å². The molecule has 106 valence electrons. The third-order valence-electron chi connectivity index (χ3n) is 2.97. The molecule has 0 saturated carbocycles. The zero-order valence-electron chi connectivity index (χ0n) is 11.3. The minimum absolute atomic E-state index is 0.236. The molecule has 0 aliphatic carbocycles. The van der Waals surface area contributed by atoms with Gasteiger partial charge in [0.05, 0.1) is 17.8 Å². The Morgan fingerprint density at radius 2 is 2.10 bits per heavy atom. The van der Waals surface area contributed by atoms with Crippen LogP contribution in [0.2, 0.25) is 0 Å². The molecule has 1 unspecified atom stereocenters. The van der Waals surface area contributed by atoms with E-state index < -0.39 is 18.0 Å². The third-order valence-corrected chi connectivity index (χ3v) is 2.97. The molecule has 2 aromatic rings. The number of fused-ring (bicyclic) bond motifs is 1. The summed E-state index contributed by atoms with van der Waals surface area (Å²) in [6, 6.07) is 6.23. The van der Waals surface area contributed by atoms with E-state index in [4.69, 9.17) is 5.11 Å². The molecular weight excluding hydrogens is 260 g/mol. The van der Waals surface area contributed by atoms with Crippen molar-refractivity contribution in [3.05, 3.63) is 30.0 Å². The number of amides is 2. The Kier molecular flexibility index (Phi) is 3.88. The van der Waals surface area contributed by atoms with Crippen molar-refractivity contribution in [2.75, 3.05) is 0 Å². The van der Waals surface area contributed by atoms with Gasteiger partial charge in [-0.05, 0) is 13.0 Å². The highest BCUT2D eigenvalue weighted by molar-refractivity contribution is 5.84. The highest BCUT2D eigenvalue weighted by Crippen LogP contribution is 2.16. The largest absolute Gasteiger partial charge is 0.480 e. The Morgan fingerprint density at radius 3 is 2.80 bits per heavy atom. The number of nitrogens with zero attached hydrogens (tertiary/aromatic N) is 2. The average molecular weight is 276 g/mol. The van der Waals surface area contributed by atoms with Crippen LogP contribution in [-0.4, -0.2) is 32.9 Å². The van der Waals surface area contributed by atoms with E-state index in [0.29, 0.717) is 0 Å². The number of aryl methyl sites for hydroxylation is 1. The van der Waals surface area contributed by atoms with E-state index in [1.54, 1.807) is 4.68 Å². The van der Waals surface area contributed by atoms with Gasteiger partial charge in [0, 0.05) is 12.4 Å². The minimum Gasteiger partial charge on any atom is -0.480 e. The van der Waals surface area contributed by atoms with Crippen LogP contribution in [0.5, 0.6) is 0 Å². The van der Waals surface area contributed by atoms with Gasteiger partial charge in [0.2, 0.25) is 0 Å². The van der Waals surface area contributed by atoms with Crippen LogP contribution in [0.1, 0.15) is 12.6 Å². The zero-order chi connectivity index (χ0) is 14.7. The standard InChI is InChI=1S/C13H16N4O3/c1-8(12(18)19)15-13(20)14-7-10-9-5-3-4-6-11(9)17(2)16-10/h3-6,8H,7H2,1-2H3,(H,18,19)(H2,14,15,20). The fourth-order valence-corrected chi connectivity index (χ4v) is 1.89. The van der Waals surface area contributed by atoms with Gasteiger partial charge in [-0.2, -0.15) is 5.10 Å². The van der Waals surface area contributed by atoms with Gasteiger partial charge in [-0.25, -0.2) is 4.79 Å². The second kappa shape index (κ2) is 5.60. The summed E-state index contributed by atoms with van der Waals surface area (Å²) >= 11 is 0. The Balaban J connectivity index is 2.03. The quantitative estimate of drug-likeness (QED) is 0.771. The van der Waals surface area contributed by atoms with Crippen LogP contribution >= 0.6 is 0 Å². The molecule has 1 heterocycles. The monoisotopic (exact) mass is 276 g/mol. The summed E-state index contributed by atoms with van der Waals surface area (Å²) < 4.78 is 1.74. The van der Waals surface area contributed by atoms with Crippen molar-refractivity contribution >= 4 is 22.9 Å². The summed E-state index contributed by atoms with van der Waals surface area (Å²) in [5.41, 5.74) is 1.71. The second-order valence-electron chi connectivity index (χ2n) is 4.47. The van der Waals surface area contributed by atoms with E-state index in [0.717, 1.165) is 16.6 Å². The molecule has 2 amide bonds. The number of nitrogens with one attached hydrogen (secondary N) is 2. The lowest BCUT2D eigenvalue weighted by atomic mass is 10.2. The molecule has 0 bridgehead atoms. The fraction of sp³-hybridized carbons (Fsp3) is 0.308. The molecule has 1 atom stereocenters. The summed E-state index contributed by atoms with van der Waals surface area (Å²) in [5, 5.41) is 18.9. The maximum atomic E-state index is 11.6. The number of benzene rings is 1. The van der Waals surface area contributed by atoms with Crippen LogP contribution in [0.15, 0.2) is 24.3 Å². The Morgan fingerprint density at radius 1 is 1.40 bits per heavy atom. The molecule has 0 saturated heterocycles. The third kappa shape index (κ3) is 2.87. The van der Waals surface area contributed by atoms with E-state index in [2.05, 4.69) is 15.7 Å². The first kappa shape index (κ1) is 13.9. The van der Waals surface area contributed by atoms with Gasteiger partial charge in [-0.15, -0.1) is 0 Å². The lowest BCUT2D eigenvalue weighted by Gasteiger charge is -2.09. The SMILES string of the molecule is CC(NC(=O)NCc1nn(C)c2ccccc12)C(=O)O. The fourth-order valence-electron chi connectivity index (χ4n) is 1.89. The molecule has 1 aromatic carbocycles. The van der Waals surface area contributed by atoms with E-state index in [1.807, 2.05) is 31.3 Å². The van der Waals surface area contributed by atoms with Crippen molar-refractivity contribution in [1.29, 1.82) is 0 Å². The van der Waals surface area contributed by atoms with Gasteiger partial charge in [-0.1, -0.05) is 18.2 Å². The van der Waals surface area contributed by atoms with Crippen molar-refractivity contribution in [3.8, 4) is 0 Å². The number of carboxylic acid groups (broad SMARTS) is 1. The number of aromatic nitrogens is 2. The van der Waals surface area contributed by atoms with Crippen LogP contribution in [0.3, 0.4) is 0 Å². The van der Waals surface area contributed by atoms with Crippen LogP contribution in [-0.2, 0) is 18.4 Å². The predicted molar refractivity (Wildman–Crippen MR) is 73.2 cm³/mol. The van der Waals surface area contributed by atoms with E-state index >= 15 is 0 Å². The number of carbonyl (C=O) groups is 2. The lowest BCUT2D eigenvalue weighted by molar-refractivity contribution is -0.138. The van der Waals surface area contributed by atoms with E-state index in [9.17, 15) is 9.59 Å². The summed E-state index contributed by atoms with van der Waals surface area (Å²) in [6.07, 6.45) is 0. The number of hydrogen-bond donors (Lipinski definition) is 3. The molecule has 0 spiro atoms. The van der Waals surface area contributed by atoms with Crippen LogP contribution in [0.25, 0.3) is 10.9 Å². The molecular formula is C13H16N4O3. The number of aliphatic carboxylic acids is 1. The molecule has 2 rings (SSSR count). The van der Waals surface area contributed by atoms with Gasteiger partial charge in [0.1, 0.15) is 6.04 Å². The molecule has 1 aromatic heterocycles. The van der Waals surface area contributed by atoms with Crippen molar-refractivity contribution in [1.82, 2.24) is 20.4 Å². The van der Waals surface area contributed by atoms with Crippen molar-refractivity contribution in [3.63, 3.8) is 0 Å². The summed E-state index contributed by atoms with van der Waals surface area (Å²) in [5.74, 6) is -1.08. The molecule has 0 aliphatic rings. The molecule has 3 N–H and O–H groups in total. The molecule has 0 fully saturated rings. The van der Waals surface area contributed by atoms with Gasteiger partial charge >= 0.3 is 12.0 Å². The van der Waals surface area contributed by atoms with Gasteiger partial charge < -0.3 is 15.7 Å². The first-order valence-corrected chi connectivity index (χ1v) is 6.17. The second-order valence-corrected chi connectivity index (χ2v) is 4.47. The Bertz CT molecular complexity index is 650. The van der Waals surface area contributed by atoms with Gasteiger partial charge in [0.25, 0.3) is 0 Å². The van der Waals surface area contributed by atoms with Crippen LogP contribution in [0.4, 0.5) is 4.79 Å². The van der Waals surface area contributed by atoms with Crippen molar-refractivity contribution in [2.24, 2.45) is 7.05 Å². The van der Waals surface area contributed by atoms with E-state index in [-0.39, 0.29) is 6.54 Å². The van der Waals surface area contributed by atoms with Crippen molar-refractivity contribution in [2.45, 2.75) is 19.5 Å². The highest BCUT2D eigenvalue weighted by Gasteiger charge is 2.14. The summed E-state index contributed by atoms with van der Waals surface area (Å²) in [7, 11) is 1.83. The molecule has 7 heteroatoms. The molecule has 7 nitrogen and oxygen atoms in total. The Labute approximate surface area is 115 Å². The highest BCUT2D eigenvalue weighted by atomic mass is 16.4. The number of rotatable bonds is 4. The number of carbonyl (C=O) groups excluding carboxylic acids is 1. The Hall–Kier alpha value is -2.57. The van der Waals surface area contributed by atoms with Crippen LogP contribution < -0.4 is 10.6 Å². The maximum Gasteiger partial charge on any atom is 0.325 e. The van der Waals surface area contributed by atoms with E-state index in [1.165, 1.54) is 6.92 Å². The number of urea groups is 1.